The average Bonchev–Trinajstić information content (AvgIpc) is 3.41. The molecule has 0 aliphatic rings. The molecule has 0 fully saturated rings. The van der Waals surface area contributed by atoms with Crippen molar-refractivity contribution in [1.82, 2.24) is 0 Å². The van der Waals surface area contributed by atoms with Crippen molar-refractivity contribution < 1.29 is 18.9 Å². The lowest BCUT2D eigenvalue weighted by molar-refractivity contribution is 0.463. The van der Waals surface area contributed by atoms with Gasteiger partial charge in [-0.3, -0.25) is 0 Å². The van der Waals surface area contributed by atoms with Gasteiger partial charge in [-0.05, 0) is 146 Å². The Kier molecular flexibility index (Phi) is 15.0. The molecule has 0 unspecified atom stereocenters. The summed E-state index contributed by atoms with van der Waals surface area (Å²) in [6.45, 7) is 7.89. The maximum absolute atomic E-state index is 10.1. The number of nitriles is 8. The van der Waals surface area contributed by atoms with Crippen LogP contribution in [0.1, 0.15) is 100 Å². The van der Waals surface area contributed by atoms with Crippen LogP contribution in [0, 0.1) is 118 Å². The molecule has 0 aliphatic carbocycles. The van der Waals surface area contributed by atoms with E-state index < -0.39 is 0 Å². The lowest BCUT2D eigenvalue weighted by Gasteiger charge is -2.22. The second kappa shape index (κ2) is 22.3. The van der Waals surface area contributed by atoms with E-state index in [0.29, 0.717) is 58.8 Å². The van der Waals surface area contributed by atoms with Gasteiger partial charge in [0, 0.05) is 19.3 Å². The summed E-state index contributed by atoms with van der Waals surface area (Å²) in [4.78, 5) is 0. The molecule has 0 amide bonds. The quantitative estimate of drug-likeness (QED) is 0.0991. The predicted octanol–water partition coefficient (Wildman–Crippen LogP) is 13.8. The minimum atomic E-state index is 0.140. The summed E-state index contributed by atoms with van der Waals surface area (Å²) in [6.07, 6.45) is 0.814. The first-order chi connectivity index (χ1) is 36.3. The maximum Gasteiger partial charge on any atom is 0.134 e. The average molecular weight is 973 g/mol. The molecular weight excluding hydrogens is 933 g/mol. The van der Waals surface area contributed by atoms with Crippen LogP contribution in [0.5, 0.6) is 46.0 Å². The normalized spacial score (nSPS) is 10.2. The van der Waals surface area contributed by atoms with Crippen LogP contribution in [-0.4, -0.2) is 0 Å². The largest absolute Gasteiger partial charge is 0.457 e. The van der Waals surface area contributed by atoms with Crippen LogP contribution in [0.4, 0.5) is 0 Å². The van der Waals surface area contributed by atoms with Crippen molar-refractivity contribution in [2.24, 2.45) is 0 Å². The van der Waals surface area contributed by atoms with E-state index in [1.807, 2.05) is 100 Å². The summed E-state index contributed by atoms with van der Waals surface area (Å²) in [7, 11) is 0. The maximum atomic E-state index is 10.1. The number of ether oxygens (including phenoxy) is 4. The molecule has 8 aromatic rings. The summed E-state index contributed by atoms with van der Waals surface area (Å²) < 4.78 is 26.6. The van der Waals surface area contributed by atoms with E-state index in [4.69, 9.17) is 18.9 Å². The van der Waals surface area contributed by atoms with Crippen LogP contribution in [0.15, 0.2) is 133 Å². The smallest absolute Gasteiger partial charge is 0.134 e. The molecule has 0 spiro atoms. The van der Waals surface area contributed by atoms with Crippen molar-refractivity contribution in [3.8, 4) is 94.5 Å². The highest BCUT2D eigenvalue weighted by molar-refractivity contribution is 5.60. The zero-order valence-corrected chi connectivity index (χ0v) is 41.0. The van der Waals surface area contributed by atoms with E-state index >= 15 is 0 Å². The molecule has 8 aromatic carbocycles. The molecule has 0 radical (unpaired) electrons. The molecule has 356 valence electrons. The molecule has 0 atom stereocenters. The Bertz CT molecular complexity index is 3730. The van der Waals surface area contributed by atoms with Crippen molar-refractivity contribution >= 4 is 0 Å². The summed E-state index contributed by atoms with van der Waals surface area (Å²) in [5.41, 5.74) is 9.76. The molecule has 12 heteroatoms. The fourth-order valence-corrected chi connectivity index (χ4v) is 8.75. The molecule has 12 nitrogen and oxygen atoms in total. The second-order valence-electron chi connectivity index (χ2n) is 17.7. The summed E-state index contributed by atoms with van der Waals surface area (Å²) in [5, 5.41) is 78.3. The number of nitrogens with zero attached hydrogens (tertiary/aromatic N) is 8. The zero-order valence-electron chi connectivity index (χ0n) is 41.0. The van der Waals surface area contributed by atoms with Crippen LogP contribution in [0.2, 0.25) is 0 Å². The highest BCUT2D eigenvalue weighted by Crippen LogP contribution is 2.42. The minimum Gasteiger partial charge on any atom is -0.457 e. The Morgan fingerprint density at radius 1 is 0.267 bits per heavy atom. The first-order valence-electron chi connectivity index (χ1n) is 23.3. The van der Waals surface area contributed by atoms with Crippen molar-refractivity contribution in [1.29, 1.82) is 42.1 Å². The third-order valence-corrected chi connectivity index (χ3v) is 12.2. The lowest BCUT2D eigenvalue weighted by Crippen LogP contribution is -2.05. The van der Waals surface area contributed by atoms with Gasteiger partial charge >= 0.3 is 0 Å². The molecule has 8 rings (SSSR count). The SMILES string of the molecule is Cc1ccc(Oc2ccc(C#N)c(C#N)c2)c(Cc2cc(C)cc(Cc3cc(C)cc(Cc4cc(C)ccc4Oc4ccc(C#N)c(C#N)c4)c3Oc3ccc(C#N)c(C#N)c3)c2Oc2ccc(C#N)c(C#N)c2)c1. The lowest BCUT2D eigenvalue weighted by atomic mass is 9.91. The first kappa shape index (κ1) is 50.3. The second-order valence-corrected chi connectivity index (χ2v) is 17.7. The van der Waals surface area contributed by atoms with Gasteiger partial charge in [-0.25, -0.2) is 0 Å². The molecule has 0 saturated carbocycles. The molecule has 0 bridgehead atoms. The van der Waals surface area contributed by atoms with Crippen LogP contribution < -0.4 is 18.9 Å². The number of hydrogen-bond donors (Lipinski definition) is 0. The topological polar surface area (TPSA) is 227 Å². The van der Waals surface area contributed by atoms with Gasteiger partial charge in [0.2, 0.25) is 0 Å². The van der Waals surface area contributed by atoms with Crippen LogP contribution in [-0.2, 0) is 19.3 Å². The number of hydrogen-bond acceptors (Lipinski definition) is 12. The highest BCUT2D eigenvalue weighted by Gasteiger charge is 2.23. The molecule has 75 heavy (non-hydrogen) atoms. The number of rotatable bonds is 14. The molecule has 0 aromatic heterocycles. The van der Waals surface area contributed by atoms with Gasteiger partial charge in [-0.2, -0.15) is 42.1 Å². The fourth-order valence-electron chi connectivity index (χ4n) is 8.75. The van der Waals surface area contributed by atoms with Crippen LogP contribution in [0.25, 0.3) is 0 Å². The van der Waals surface area contributed by atoms with Crippen LogP contribution in [0.3, 0.4) is 0 Å². The fraction of sp³-hybridized carbons (Fsp3) is 0.111. The van der Waals surface area contributed by atoms with Gasteiger partial charge in [-0.1, -0.05) is 70.8 Å². The van der Waals surface area contributed by atoms with Gasteiger partial charge in [0.25, 0.3) is 0 Å². The van der Waals surface area contributed by atoms with Crippen LogP contribution >= 0.6 is 0 Å². The van der Waals surface area contributed by atoms with E-state index in [-0.39, 0.29) is 50.9 Å². The highest BCUT2D eigenvalue weighted by atomic mass is 16.5. The third-order valence-electron chi connectivity index (χ3n) is 12.2. The Labute approximate surface area is 434 Å². The Morgan fingerprint density at radius 2 is 0.520 bits per heavy atom. The van der Waals surface area contributed by atoms with Crippen molar-refractivity contribution in [3.63, 3.8) is 0 Å². The van der Waals surface area contributed by atoms with Gasteiger partial charge in [0.15, 0.2) is 0 Å². The van der Waals surface area contributed by atoms with E-state index in [2.05, 4.69) is 36.4 Å². The van der Waals surface area contributed by atoms with E-state index in [0.717, 1.165) is 55.6 Å². The molecule has 0 N–H and O–H groups in total. The Balaban J connectivity index is 1.29. The van der Waals surface area contributed by atoms with Gasteiger partial charge in [0.05, 0.1) is 44.5 Å². The van der Waals surface area contributed by atoms with E-state index in [9.17, 15) is 42.1 Å². The first-order valence-corrected chi connectivity index (χ1v) is 23.3. The Morgan fingerprint density at radius 3 is 0.800 bits per heavy atom. The number of aryl methyl sites for hydroxylation is 4. The zero-order chi connectivity index (χ0) is 53.2. The standard InChI is InChI=1S/C63H40N8O4/c1-38-5-15-60(72-56-11-7-42(30-64)52(26-56)34-68)46(17-38)23-48-19-40(3)21-50(62(48)74-58-13-9-44(32-66)54(28-58)36-70)25-51-22-41(4)20-49(63(51)75-59-14-10-45(33-67)55(29-59)37-71)24-47-18-39(2)6-16-61(47)73-57-12-8-43(31-65)53(27-57)35-69/h5-22,26-29H,23-25H2,1-4H3. The van der Waals surface area contributed by atoms with E-state index in [1.54, 1.807) is 48.5 Å². The van der Waals surface area contributed by atoms with E-state index in [1.165, 1.54) is 24.3 Å². The molecule has 0 heterocycles. The van der Waals surface area contributed by atoms with Crippen molar-refractivity contribution in [3.05, 3.63) is 234 Å². The summed E-state index contributed by atoms with van der Waals surface area (Å²) in [5.74, 6) is 3.34. The van der Waals surface area contributed by atoms with Crippen molar-refractivity contribution in [2.45, 2.75) is 47.0 Å². The Hall–Kier alpha value is -11.1. The predicted molar refractivity (Wildman–Crippen MR) is 277 cm³/mol. The minimum absolute atomic E-state index is 0.140. The summed E-state index contributed by atoms with van der Waals surface area (Å²) >= 11 is 0. The molecule has 0 saturated heterocycles. The van der Waals surface area contributed by atoms with Gasteiger partial charge in [-0.15, -0.1) is 0 Å². The van der Waals surface area contributed by atoms with Gasteiger partial charge < -0.3 is 18.9 Å². The molecule has 0 aliphatic heterocycles. The molecular formula is C63H40N8O4. The monoisotopic (exact) mass is 972 g/mol. The van der Waals surface area contributed by atoms with Crippen molar-refractivity contribution in [2.75, 3.05) is 0 Å². The third kappa shape index (κ3) is 11.4. The van der Waals surface area contributed by atoms with Gasteiger partial charge in [0.1, 0.15) is 94.5 Å². The summed E-state index contributed by atoms with van der Waals surface area (Å²) in [6, 6.07) is 55.0. The number of benzene rings is 8.